The van der Waals surface area contributed by atoms with Gasteiger partial charge in [-0.2, -0.15) is 0 Å². The Morgan fingerprint density at radius 2 is 1.45 bits per heavy atom. The summed E-state index contributed by atoms with van der Waals surface area (Å²) in [6.45, 7) is 3.19. The van der Waals surface area contributed by atoms with Crippen molar-refractivity contribution in [2.45, 2.75) is 0 Å². The van der Waals surface area contributed by atoms with Gasteiger partial charge in [0, 0.05) is 31.9 Å². The standard InChI is InChI=1S/C18H19ClN2O/c19-14-18(22)21-12-10-20(11-13-21)17-8-6-16(7-9-17)15-4-2-1-3-5-15/h1-9H,10-14H2. The molecule has 3 nitrogen and oxygen atoms in total. The number of amides is 1. The van der Waals surface area contributed by atoms with Crippen LogP contribution in [0.15, 0.2) is 54.6 Å². The second-order valence-corrected chi connectivity index (χ2v) is 5.68. The van der Waals surface area contributed by atoms with Crippen LogP contribution in [0.5, 0.6) is 0 Å². The third-order valence-electron chi connectivity index (χ3n) is 4.09. The average Bonchev–Trinajstić information content (AvgIpc) is 2.62. The second kappa shape index (κ2) is 6.84. The summed E-state index contributed by atoms with van der Waals surface area (Å²) < 4.78 is 0. The molecule has 0 radical (unpaired) electrons. The predicted molar refractivity (Wildman–Crippen MR) is 91.4 cm³/mol. The van der Waals surface area contributed by atoms with E-state index >= 15 is 0 Å². The molecule has 0 aliphatic carbocycles. The molecule has 4 heteroatoms. The molecule has 1 heterocycles. The average molecular weight is 315 g/mol. The molecule has 2 aromatic carbocycles. The van der Waals surface area contributed by atoms with E-state index in [0.29, 0.717) is 0 Å². The van der Waals surface area contributed by atoms with Crippen LogP contribution in [-0.2, 0) is 4.79 Å². The molecule has 3 rings (SSSR count). The number of piperazine rings is 1. The molecule has 22 heavy (non-hydrogen) atoms. The van der Waals surface area contributed by atoms with Crippen molar-refractivity contribution in [3.63, 3.8) is 0 Å². The van der Waals surface area contributed by atoms with Gasteiger partial charge in [0.1, 0.15) is 5.88 Å². The zero-order chi connectivity index (χ0) is 15.4. The maximum atomic E-state index is 11.6. The highest BCUT2D eigenvalue weighted by Crippen LogP contribution is 2.23. The normalized spacial score (nSPS) is 15.0. The van der Waals surface area contributed by atoms with Gasteiger partial charge in [0.2, 0.25) is 5.91 Å². The smallest absolute Gasteiger partial charge is 0.237 e. The van der Waals surface area contributed by atoms with Gasteiger partial charge in [-0.3, -0.25) is 4.79 Å². The van der Waals surface area contributed by atoms with Crippen LogP contribution in [0.25, 0.3) is 11.1 Å². The summed E-state index contributed by atoms with van der Waals surface area (Å²) >= 11 is 5.61. The summed E-state index contributed by atoms with van der Waals surface area (Å²) in [6, 6.07) is 19.0. The van der Waals surface area contributed by atoms with Crippen LogP contribution in [-0.4, -0.2) is 42.9 Å². The predicted octanol–water partition coefficient (Wildman–Crippen LogP) is 3.24. The minimum Gasteiger partial charge on any atom is -0.368 e. The third kappa shape index (κ3) is 3.25. The Morgan fingerprint density at radius 3 is 2.05 bits per heavy atom. The molecule has 0 bridgehead atoms. The first kappa shape index (κ1) is 14.9. The van der Waals surface area contributed by atoms with E-state index < -0.39 is 0 Å². The first-order chi connectivity index (χ1) is 10.8. The Balaban J connectivity index is 1.66. The third-order valence-corrected chi connectivity index (χ3v) is 4.31. The highest BCUT2D eigenvalue weighted by molar-refractivity contribution is 6.27. The number of anilines is 1. The molecule has 2 aromatic rings. The van der Waals surface area contributed by atoms with Crippen molar-refractivity contribution in [1.29, 1.82) is 0 Å². The Labute approximate surface area is 136 Å². The number of benzene rings is 2. The zero-order valence-electron chi connectivity index (χ0n) is 12.4. The quantitative estimate of drug-likeness (QED) is 0.812. The fourth-order valence-corrected chi connectivity index (χ4v) is 2.96. The molecule has 1 aliphatic heterocycles. The molecule has 0 N–H and O–H groups in total. The van der Waals surface area contributed by atoms with E-state index in [9.17, 15) is 4.79 Å². The maximum absolute atomic E-state index is 11.6. The summed E-state index contributed by atoms with van der Waals surface area (Å²) in [4.78, 5) is 15.7. The number of halogens is 1. The molecule has 0 atom stereocenters. The van der Waals surface area contributed by atoms with Gasteiger partial charge in [-0.15, -0.1) is 11.6 Å². The van der Waals surface area contributed by atoms with E-state index in [-0.39, 0.29) is 11.8 Å². The van der Waals surface area contributed by atoms with Gasteiger partial charge in [-0.25, -0.2) is 0 Å². The lowest BCUT2D eigenvalue weighted by Gasteiger charge is -2.36. The highest BCUT2D eigenvalue weighted by Gasteiger charge is 2.20. The molecule has 1 amide bonds. The van der Waals surface area contributed by atoms with E-state index in [1.165, 1.54) is 16.8 Å². The van der Waals surface area contributed by atoms with E-state index in [1.54, 1.807) is 0 Å². The number of nitrogens with zero attached hydrogens (tertiary/aromatic N) is 2. The largest absolute Gasteiger partial charge is 0.368 e. The van der Waals surface area contributed by atoms with Crippen LogP contribution in [0.1, 0.15) is 0 Å². The fourth-order valence-electron chi connectivity index (χ4n) is 2.79. The molecule has 1 aliphatic rings. The molecule has 114 valence electrons. The molecule has 0 saturated carbocycles. The lowest BCUT2D eigenvalue weighted by Crippen LogP contribution is -2.49. The first-order valence-corrected chi connectivity index (χ1v) is 8.05. The lowest BCUT2D eigenvalue weighted by molar-refractivity contribution is -0.128. The summed E-state index contributed by atoms with van der Waals surface area (Å²) in [5.41, 5.74) is 3.66. The maximum Gasteiger partial charge on any atom is 0.237 e. The van der Waals surface area contributed by atoms with Crippen molar-refractivity contribution in [3.05, 3.63) is 54.6 Å². The molecular weight excluding hydrogens is 296 g/mol. The molecule has 1 saturated heterocycles. The number of carbonyl (C=O) groups excluding carboxylic acids is 1. The molecule has 1 fully saturated rings. The Morgan fingerprint density at radius 1 is 0.864 bits per heavy atom. The van der Waals surface area contributed by atoms with E-state index in [4.69, 9.17) is 11.6 Å². The van der Waals surface area contributed by atoms with E-state index in [0.717, 1.165) is 26.2 Å². The van der Waals surface area contributed by atoms with Crippen LogP contribution in [0, 0.1) is 0 Å². The van der Waals surface area contributed by atoms with Gasteiger partial charge in [0.15, 0.2) is 0 Å². The van der Waals surface area contributed by atoms with Crippen LogP contribution in [0.2, 0.25) is 0 Å². The monoisotopic (exact) mass is 314 g/mol. The van der Waals surface area contributed by atoms with Crippen molar-refractivity contribution in [2.24, 2.45) is 0 Å². The summed E-state index contributed by atoms with van der Waals surface area (Å²) in [5.74, 6) is 0.104. The van der Waals surface area contributed by atoms with Gasteiger partial charge in [-0.05, 0) is 23.3 Å². The van der Waals surface area contributed by atoms with Crippen molar-refractivity contribution >= 4 is 23.2 Å². The second-order valence-electron chi connectivity index (χ2n) is 5.41. The van der Waals surface area contributed by atoms with Gasteiger partial charge >= 0.3 is 0 Å². The summed E-state index contributed by atoms with van der Waals surface area (Å²) in [6.07, 6.45) is 0. The highest BCUT2D eigenvalue weighted by atomic mass is 35.5. The molecule has 0 aromatic heterocycles. The zero-order valence-corrected chi connectivity index (χ0v) is 13.2. The molecule has 0 spiro atoms. The van der Waals surface area contributed by atoms with Crippen molar-refractivity contribution in [3.8, 4) is 11.1 Å². The number of rotatable bonds is 3. The van der Waals surface area contributed by atoms with Gasteiger partial charge in [0.05, 0.1) is 0 Å². The van der Waals surface area contributed by atoms with Crippen LogP contribution in [0.4, 0.5) is 5.69 Å². The number of hydrogen-bond donors (Lipinski definition) is 0. The molecular formula is C18H19ClN2O. The van der Waals surface area contributed by atoms with Crippen LogP contribution >= 0.6 is 11.6 Å². The topological polar surface area (TPSA) is 23.6 Å². The fraction of sp³-hybridized carbons (Fsp3) is 0.278. The minimum atomic E-state index is 0.0285. The lowest BCUT2D eigenvalue weighted by atomic mass is 10.1. The Hall–Kier alpha value is -2.00. The van der Waals surface area contributed by atoms with Gasteiger partial charge < -0.3 is 9.80 Å². The van der Waals surface area contributed by atoms with E-state index in [1.807, 2.05) is 11.0 Å². The van der Waals surface area contributed by atoms with E-state index in [2.05, 4.69) is 53.4 Å². The minimum absolute atomic E-state index is 0.0285. The summed E-state index contributed by atoms with van der Waals surface area (Å²) in [7, 11) is 0. The number of alkyl halides is 1. The van der Waals surface area contributed by atoms with Crippen LogP contribution < -0.4 is 4.90 Å². The Bertz CT molecular complexity index is 619. The number of carbonyl (C=O) groups is 1. The summed E-state index contributed by atoms with van der Waals surface area (Å²) in [5, 5.41) is 0. The van der Waals surface area contributed by atoms with Gasteiger partial charge in [0.25, 0.3) is 0 Å². The number of hydrogen-bond acceptors (Lipinski definition) is 2. The van der Waals surface area contributed by atoms with Gasteiger partial charge in [-0.1, -0.05) is 42.5 Å². The van der Waals surface area contributed by atoms with Crippen molar-refractivity contribution < 1.29 is 4.79 Å². The SMILES string of the molecule is O=C(CCl)N1CCN(c2ccc(-c3ccccc3)cc2)CC1. The Kier molecular flexibility index (Phi) is 4.64. The first-order valence-electron chi connectivity index (χ1n) is 7.52. The van der Waals surface area contributed by atoms with Crippen molar-refractivity contribution in [1.82, 2.24) is 4.90 Å². The van der Waals surface area contributed by atoms with Crippen molar-refractivity contribution in [2.75, 3.05) is 37.0 Å². The molecule has 0 unspecified atom stereocenters. The van der Waals surface area contributed by atoms with Crippen LogP contribution in [0.3, 0.4) is 0 Å².